The van der Waals surface area contributed by atoms with Gasteiger partial charge in [-0.15, -0.1) is 5.73 Å². The van der Waals surface area contributed by atoms with Crippen LogP contribution in [0, 0.1) is 13.8 Å². The van der Waals surface area contributed by atoms with E-state index in [-0.39, 0.29) is 0 Å². The van der Waals surface area contributed by atoms with Crippen molar-refractivity contribution in [3.63, 3.8) is 0 Å². The summed E-state index contributed by atoms with van der Waals surface area (Å²) >= 11 is 0. The Kier molecular flexibility index (Phi) is 3.12. The van der Waals surface area contributed by atoms with E-state index in [9.17, 15) is 0 Å². The first-order chi connectivity index (χ1) is 7.70. The second kappa shape index (κ2) is 4.55. The summed E-state index contributed by atoms with van der Waals surface area (Å²) in [6.07, 6.45) is 6.45. The van der Waals surface area contributed by atoms with Gasteiger partial charge in [-0.2, -0.15) is 0 Å². The van der Waals surface area contributed by atoms with E-state index in [0.29, 0.717) is 0 Å². The van der Waals surface area contributed by atoms with Crippen LogP contribution in [0.4, 0.5) is 0 Å². The predicted octanol–water partition coefficient (Wildman–Crippen LogP) is 4.58. The molecule has 16 heavy (non-hydrogen) atoms. The molecule has 0 N–H and O–H groups in total. The number of rotatable bonds is 1. The van der Waals surface area contributed by atoms with Gasteiger partial charge >= 0.3 is 0 Å². The number of benzene rings is 1. The molecule has 0 atom stereocenters. The fraction of sp³-hybridized carbons (Fsp3) is 0.312. The first-order valence-corrected chi connectivity index (χ1v) is 5.87. The number of hydrogen-bond donors (Lipinski definition) is 0. The maximum absolute atomic E-state index is 3.22. The molecule has 0 spiro atoms. The summed E-state index contributed by atoms with van der Waals surface area (Å²) < 4.78 is 0. The Morgan fingerprint density at radius 3 is 2.75 bits per heavy atom. The highest BCUT2D eigenvalue weighted by Gasteiger charge is 2.09. The Labute approximate surface area is 98.0 Å². The smallest absolute Gasteiger partial charge is 0.0171 e. The van der Waals surface area contributed by atoms with E-state index in [0.717, 1.165) is 12.8 Å². The SMILES string of the molecule is CC1=C(c2cccc(C)c2C)CCC=C=C1. The molecule has 0 nitrogen and oxygen atoms in total. The zero-order valence-corrected chi connectivity index (χ0v) is 10.3. The van der Waals surface area contributed by atoms with Crippen molar-refractivity contribution in [3.8, 4) is 0 Å². The van der Waals surface area contributed by atoms with Crippen LogP contribution in [0.3, 0.4) is 0 Å². The van der Waals surface area contributed by atoms with Crippen LogP contribution in [0.2, 0.25) is 0 Å². The zero-order chi connectivity index (χ0) is 11.5. The molecule has 1 aromatic rings. The van der Waals surface area contributed by atoms with E-state index < -0.39 is 0 Å². The highest BCUT2D eigenvalue weighted by Crippen LogP contribution is 2.29. The average molecular weight is 210 g/mol. The Bertz CT molecular complexity index is 495. The topological polar surface area (TPSA) is 0 Å². The van der Waals surface area contributed by atoms with Crippen LogP contribution in [-0.4, -0.2) is 0 Å². The second-order valence-corrected chi connectivity index (χ2v) is 4.46. The lowest BCUT2D eigenvalue weighted by Crippen LogP contribution is -1.93. The van der Waals surface area contributed by atoms with Crippen LogP contribution in [-0.2, 0) is 0 Å². The Morgan fingerprint density at radius 2 is 1.94 bits per heavy atom. The van der Waals surface area contributed by atoms with Gasteiger partial charge in [0.2, 0.25) is 0 Å². The standard InChI is InChI=1S/C16H18/c1-12-9-7-11-16(14(12)3)15-10-6-4-5-8-13(15)2/h4,7-9,11H,6,10H2,1-3H3. The lowest BCUT2D eigenvalue weighted by molar-refractivity contribution is 1.06. The lowest BCUT2D eigenvalue weighted by Gasteiger charge is -2.13. The van der Waals surface area contributed by atoms with E-state index in [2.05, 4.69) is 56.9 Å². The maximum atomic E-state index is 3.22. The second-order valence-electron chi connectivity index (χ2n) is 4.46. The van der Waals surface area contributed by atoms with Gasteiger partial charge in [0.15, 0.2) is 0 Å². The quantitative estimate of drug-likeness (QED) is 0.595. The van der Waals surface area contributed by atoms with Gasteiger partial charge < -0.3 is 0 Å². The maximum Gasteiger partial charge on any atom is -0.0171 e. The molecule has 0 aliphatic heterocycles. The summed E-state index contributed by atoms with van der Waals surface area (Å²) in [5.74, 6) is 0. The number of aryl methyl sites for hydroxylation is 1. The summed E-state index contributed by atoms with van der Waals surface area (Å²) in [7, 11) is 0. The molecule has 82 valence electrons. The van der Waals surface area contributed by atoms with Crippen LogP contribution in [0.5, 0.6) is 0 Å². The van der Waals surface area contributed by atoms with Crippen molar-refractivity contribution in [2.45, 2.75) is 33.6 Å². The highest BCUT2D eigenvalue weighted by atomic mass is 14.1. The molecule has 0 bridgehead atoms. The molecule has 1 aliphatic rings. The van der Waals surface area contributed by atoms with Gasteiger partial charge in [-0.05, 0) is 73.6 Å². The van der Waals surface area contributed by atoms with Crippen molar-refractivity contribution in [2.24, 2.45) is 0 Å². The van der Waals surface area contributed by atoms with Crippen molar-refractivity contribution < 1.29 is 0 Å². The van der Waals surface area contributed by atoms with Crippen LogP contribution in [0.1, 0.15) is 36.5 Å². The fourth-order valence-electron chi connectivity index (χ4n) is 2.19. The van der Waals surface area contributed by atoms with E-state index in [1.807, 2.05) is 0 Å². The van der Waals surface area contributed by atoms with Crippen molar-refractivity contribution in [1.82, 2.24) is 0 Å². The minimum absolute atomic E-state index is 1.09. The first-order valence-electron chi connectivity index (χ1n) is 5.87. The molecular weight excluding hydrogens is 192 g/mol. The minimum Gasteiger partial charge on any atom is -0.125 e. The largest absolute Gasteiger partial charge is 0.125 e. The van der Waals surface area contributed by atoms with Crippen LogP contribution in [0.25, 0.3) is 5.57 Å². The molecule has 0 saturated carbocycles. The van der Waals surface area contributed by atoms with Gasteiger partial charge in [-0.25, -0.2) is 0 Å². The molecule has 1 aromatic carbocycles. The Morgan fingerprint density at radius 1 is 1.12 bits per heavy atom. The summed E-state index contributed by atoms with van der Waals surface area (Å²) in [5.41, 5.74) is 10.2. The van der Waals surface area contributed by atoms with Gasteiger partial charge in [-0.1, -0.05) is 18.2 Å². The monoisotopic (exact) mass is 210 g/mol. The molecule has 0 aromatic heterocycles. The van der Waals surface area contributed by atoms with Crippen molar-refractivity contribution in [2.75, 3.05) is 0 Å². The predicted molar refractivity (Wildman–Crippen MR) is 70.4 cm³/mol. The van der Waals surface area contributed by atoms with Gasteiger partial charge in [0, 0.05) is 0 Å². The van der Waals surface area contributed by atoms with E-state index >= 15 is 0 Å². The zero-order valence-electron chi connectivity index (χ0n) is 10.3. The molecular formula is C16H18. The van der Waals surface area contributed by atoms with Gasteiger partial charge in [0.1, 0.15) is 0 Å². The first kappa shape index (κ1) is 11.0. The molecule has 1 aliphatic carbocycles. The summed E-state index contributed by atoms with van der Waals surface area (Å²) in [5, 5.41) is 0. The van der Waals surface area contributed by atoms with Crippen molar-refractivity contribution in [3.05, 3.63) is 58.3 Å². The highest BCUT2D eigenvalue weighted by molar-refractivity contribution is 5.73. The molecule has 2 rings (SSSR count). The Hall–Kier alpha value is -1.52. The molecule has 0 heterocycles. The summed E-state index contributed by atoms with van der Waals surface area (Å²) in [4.78, 5) is 0. The third-order valence-electron chi connectivity index (χ3n) is 3.36. The van der Waals surface area contributed by atoms with Crippen LogP contribution in [0.15, 0.2) is 41.7 Å². The van der Waals surface area contributed by atoms with Crippen LogP contribution >= 0.6 is 0 Å². The normalized spacial score (nSPS) is 15.4. The van der Waals surface area contributed by atoms with E-state index in [1.54, 1.807) is 0 Å². The van der Waals surface area contributed by atoms with E-state index in [4.69, 9.17) is 0 Å². The van der Waals surface area contributed by atoms with Crippen molar-refractivity contribution in [1.29, 1.82) is 0 Å². The summed E-state index contributed by atoms with van der Waals surface area (Å²) in [6.45, 7) is 6.58. The van der Waals surface area contributed by atoms with Gasteiger partial charge in [0.25, 0.3) is 0 Å². The Balaban J connectivity index is 2.56. The number of allylic oxidation sites excluding steroid dienone is 3. The number of hydrogen-bond acceptors (Lipinski definition) is 0. The molecule has 0 amide bonds. The summed E-state index contributed by atoms with van der Waals surface area (Å²) in [6, 6.07) is 6.57. The molecule has 0 radical (unpaired) electrons. The third kappa shape index (κ3) is 2.03. The molecule has 0 unspecified atom stereocenters. The molecule has 0 saturated heterocycles. The fourth-order valence-corrected chi connectivity index (χ4v) is 2.19. The molecule has 0 fully saturated rings. The van der Waals surface area contributed by atoms with Crippen LogP contribution < -0.4 is 0 Å². The molecule has 0 heteroatoms. The third-order valence-corrected chi connectivity index (χ3v) is 3.36. The van der Waals surface area contributed by atoms with E-state index in [1.165, 1.54) is 27.8 Å². The average Bonchev–Trinajstić information content (AvgIpc) is 2.47. The van der Waals surface area contributed by atoms with Gasteiger partial charge in [0.05, 0.1) is 0 Å². The van der Waals surface area contributed by atoms with Gasteiger partial charge in [-0.3, -0.25) is 0 Å². The minimum atomic E-state index is 1.09. The lowest BCUT2D eigenvalue weighted by atomic mass is 9.91. The van der Waals surface area contributed by atoms with Crippen molar-refractivity contribution >= 4 is 5.57 Å².